The Bertz CT molecular complexity index is 268. The number of hydrogen-bond acceptors (Lipinski definition) is 4. The molecule has 1 aliphatic rings. The first-order valence-electron chi connectivity index (χ1n) is 6.32. The zero-order valence-corrected chi connectivity index (χ0v) is 10.4. The van der Waals surface area contributed by atoms with Crippen molar-refractivity contribution in [2.45, 2.75) is 32.6 Å². The van der Waals surface area contributed by atoms with Crippen LogP contribution in [0.2, 0.25) is 0 Å². The van der Waals surface area contributed by atoms with Gasteiger partial charge in [0.2, 0.25) is 5.91 Å². The first-order chi connectivity index (χ1) is 8.19. The van der Waals surface area contributed by atoms with Crippen LogP contribution < -0.4 is 11.1 Å². The van der Waals surface area contributed by atoms with Crippen LogP contribution in [-0.2, 0) is 14.3 Å². The minimum Gasteiger partial charge on any atom is -0.466 e. The Kier molecular flexibility index (Phi) is 5.97. The predicted octanol–water partition coefficient (Wildman–Crippen LogP) is 0.431. The standard InChI is InChI=1S/C12H22N2O3/c1-2-17-11(15)6-7-14-12(16)10-5-3-4-9(10)8-13/h9-10H,2-8,13H2,1H3,(H,14,16)/t9-,10-/m1/s1. The molecule has 0 aromatic carbocycles. The molecule has 0 aromatic heterocycles. The van der Waals surface area contributed by atoms with Gasteiger partial charge in [-0.1, -0.05) is 6.42 Å². The molecule has 0 aliphatic heterocycles. The first-order valence-corrected chi connectivity index (χ1v) is 6.32. The molecule has 1 saturated carbocycles. The summed E-state index contributed by atoms with van der Waals surface area (Å²) in [5, 5.41) is 2.78. The van der Waals surface area contributed by atoms with E-state index in [-0.39, 0.29) is 24.2 Å². The zero-order valence-electron chi connectivity index (χ0n) is 10.4. The Morgan fingerprint density at radius 1 is 1.41 bits per heavy atom. The van der Waals surface area contributed by atoms with Crippen molar-refractivity contribution in [1.82, 2.24) is 5.32 Å². The molecule has 0 aromatic rings. The summed E-state index contributed by atoms with van der Waals surface area (Å²) >= 11 is 0. The third-order valence-electron chi connectivity index (χ3n) is 3.23. The quantitative estimate of drug-likeness (QED) is 0.662. The van der Waals surface area contributed by atoms with Crippen LogP contribution in [0.1, 0.15) is 32.6 Å². The highest BCUT2D eigenvalue weighted by atomic mass is 16.5. The summed E-state index contributed by atoms with van der Waals surface area (Å²) in [5.74, 6) is 0.0941. The average Bonchev–Trinajstić information content (AvgIpc) is 2.77. The van der Waals surface area contributed by atoms with Crippen LogP contribution >= 0.6 is 0 Å². The summed E-state index contributed by atoms with van der Waals surface area (Å²) in [6.45, 7) is 3.06. The fourth-order valence-electron chi connectivity index (χ4n) is 2.32. The van der Waals surface area contributed by atoms with Crippen molar-refractivity contribution < 1.29 is 14.3 Å². The van der Waals surface area contributed by atoms with E-state index in [1.165, 1.54) is 0 Å². The van der Waals surface area contributed by atoms with Gasteiger partial charge in [0.1, 0.15) is 0 Å². The molecule has 0 unspecified atom stereocenters. The molecule has 5 nitrogen and oxygen atoms in total. The van der Waals surface area contributed by atoms with Crippen LogP contribution in [0.15, 0.2) is 0 Å². The van der Waals surface area contributed by atoms with Crippen molar-refractivity contribution in [1.29, 1.82) is 0 Å². The van der Waals surface area contributed by atoms with E-state index in [1.54, 1.807) is 6.92 Å². The number of ether oxygens (including phenoxy) is 1. The topological polar surface area (TPSA) is 81.4 Å². The molecule has 2 atom stereocenters. The minimum absolute atomic E-state index is 0.0298. The number of nitrogens with one attached hydrogen (secondary N) is 1. The van der Waals surface area contributed by atoms with Crippen LogP contribution in [0, 0.1) is 11.8 Å². The Balaban J connectivity index is 2.23. The third-order valence-corrected chi connectivity index (χ3v) is 3.23. The molecule has 1 aliphatic carbocycles. The van der Waals surface area contributed by atoms with E-state index >= 15 is 0 Å². The van der Waals surface area contributed by atoms with Gasteiger partial charge >= 0.3 is 5.97 Å². The number of esters is 1. The molecule has 1 rings (SSSR count). The predicted molar refractivity (Wildman–Crippen MR) is 64.1 cm³/mol. The van der Waals surface area contributed by atoms with E-state index in [2.05, 4.69) is 5.32 Å². The van der Waals surface area contributed by atoms with E-state index in [9.17, 15) is 9.59 Å². The van der Waals surface area contributed by atoms with E-state index in [4.69, 9.17) is 10.5 Å². The first kappa shape index (κ1) is 14.0. The van der Waals surface area contributed by atoms with Gasteiger partial charge in [-0.05, 0) is 32.2 Å². The Labute approximate surface area is 102 Å². The summed E-state index contributed by atoms with van der Waals surface area (Å²) in [6, 6.07) is 0. The van der Waals surface area contributed by atoms with E-state index in [0.29, 0.717) is 25.6 Å². The molecule has 98 valence electrons. The normalized spacial score (nSPS) is 23.4. The molecular formula is C12H22N2O3. The fraction of sp³-hybridized carbons (Fsp3) is 0.833. The maximum absolute atomic E-state index is 11.8. The van der Waals surface area contributed by atoms with Gasteiger partial charge in [0.05, 0.1) is 13.0 Å². The summed E-state index contributed by atoms with van der Waals surface area (Å²) in [5.41, 5.74) is 5.62. The van der Waals surface area contributed by atoms with Gasteiger partial charge in [0.15, 0.2) is 0 Å². The van der Waals surface area contributed by atoms with Crippen molar-refractivity contribution in [3.63, 3.8) is 0 Å². The van der Waals surface area contributed by atoms with Gasteiger partial charge in [-0.15, -0.1) is 0 Å². The average molecular weight is 242 g/mol. The molecule has 0 spiro atoms. The number of amides is 1. The number of rotatable bonds is 6. The van der Waals surface area contributed by atoms with Gasteiger partial charge in [-0.3, -0.25) is 9.59 Å². The van der Waals surface area contributed by atoms with Crippen molar-refractivity contribution in [2.24, 2.45) is 17.6 Å². The minimum atomic E-state index is -0.269. The molecule has 1 amide bonds. The van der Waals surface area contributed by atoms with E-state index in [1.807, 2.05) is 0 Å². The van der Waals surface area contributed by atoms with Gasteiger partial charge in [0, 0.05) is 12.5 Å². The van der Waals surface area contributed by atoms with E-state index in [0.717, 1.165) is 19.3 Å². The fourth-order valence-corrected chi connectivity index (χ4v) is 2.32. The lowest BCUT2D eigenvalue weighted by Gasteiger charge is -2.17. The molecule has 0 radical (unpaired) electrons. The van der Waals surface area contributed by atoms with Gasteiger partial charge in [0.25, 0.3) is 0 Å². The number of carbonyl (C=O) groups excluding carboxylic acids is 2. The Morgan fingerprint density at radius 3 is 2.82 bits per heavy atom. The van der Waals surface area contributed by atoms with E-state index < -0.39 is 0 Å². The molecule has 1 fully saturated rings. The summed E-state index contributed by atoms with van der Waals surface area (Å²) in [4.78, 5) is 22.9. The maximum atomic E-state index is 11.8. The second-order valence-corrected chi connectivity index (χ2v) is 4.38. The van der Waals surface area contributed by atoms with Crippen LogP contribution in [-0.4, -0.2) is 31.6 Å². The van der Waals surface area contributed by atoms with Gasteiger partial charge in [-0.2, -0.15) is 0 Å². The third kappa shape index (κ3) is 4.34. The van der Waals surface area contributed by atoms with Crippen molar-refractivity contribution in [3.05, 3.63) is 0 Å². The molecule has 0 saturated heterocycles. The van der Waals surface area contributed by atoms with Crippen molar-refractivity contribution in [2.75, 3.05) is 19.7 Å². The largest absolute Gasteiger partial charge is 0.466 e. The second kappa shape index (κ2) is 7.27. The lowest BCUT2D eigenvalue weighted by Crippen LogP contribution is -2.36. The molecular weight excluding hydrogens is 220 g/mol. The van der Waals surface area contributed by atoms with Crippen molar-refractivity contribution in [3.8, 4) is 0 Å². The summed E-state index contributed by atoms with van der Waals surface area (Å²) in [7, 11) is 0. The maximum Gasteiger partial charge on any atom is 0.307 e. The highest BCUT2D eigenvalue weighted by Gasteiger charge is 2.31. The van der Waals surface area contributed by atoms with Crippen LogP contribution in [0.5, 0.6) is 0 Å². The number of carbonyl (C=O) groups is 2. The highest BCUT2D eigenvalue weighted by Crippen LogP contribution is 2.30. The number of nitrogens with two attached hydrogens (primary N) is 1. The SMILES string of the molecule is CCOC(=O)CCNC(=O)[C@@H]1CCC[C@@H]1CN. The lowest BCUT2D eigenvalue weighted by molar-refractivity contribution is -0.143. The zero-order chi connectivity index (χ0) is 12.7. The molecule has 5 heteroatoms. The van der Waals surface area contributed by atoms with Gasteiger partial charge < -0.3 is 15.8 Å². The highest BCUT2D eigenvalue weighted by molar-refractivity contribution is 5.80. The lowest BCUT2D eigenvalue weighted by atomic mass is 9.95. The second-order valence-electron chi connectivity index (χ2n) is 4.38. The molecule has 0 bridgehead atoms. The van der Waals surface area contributed by atoms with Crippen LogP contribution in [0.25, 0.3) is 0 Å². The number of hydrogen-bond donors (Lipinski definition) is 2. The molecule has 3 N–H and O–H groups in total. The molecule has 0 heterocycles. The van der Waals surface area contributed by atoms with Crippen LogP contribution in [0.4, 0.5) is 0 Å². The summed E-state index contributed by atoms with van der Waals surface area (Å²) < 4.78 is 4.78. The monoisotopic (exact) mass is 242 g/mol. The van der Waals surface area contributed by atoms with Crippen molar-refractivity contribution >= 4 is 11.9 Å². The molecule has 17 heavy (non-hydrogen) atoms. The van der Waals surface area contributed by atoms with Gasteiger partial charge in [-0.25, -0.2) is 0 Å². The summed E-state index contributed by atoms with van der Waals surface area (Å²) in [6.07, 6.45) is 3.25. The van der Waals surface area contributed by atoms with Crippen LogP contribution in [0.3, 0.4) is 0 Å². The Hall–Kier alpha value is -1.10. The smallest absolute Gasteiger partial charge is 0.307 e. The Morgan fingerprint density at radius 2 is 2.18 bits per heavy atom.